The van der Waals surface area contributed by atoms with E-state index in [2.05, 4.69) is 16.0 Å². The van der Waals surface area contributed by atoms with E-state index < -0.39 is 35.4 Å². The number of nitrogens with one attached hydrogen (secondary N) is 3. The van der Waals surface area contributed by atoms with Crippen LogP contribution in [0.5, 0.6) is 0 Å². The Hall–Kier alpha value is -3.94. The highest BCUT2D eigenvalue weighted by Crippen LogP contribution is 2.18. The lowest BCUT2D eigenvalue weighted by Crippen LogP contribution is -2.50. The summed E-state index contributed by atoms with van der Waals surface area (Å²) in [4.78, 5) is 37.4. The van der Waals surface area contributed by atoms with Gasteiger partial charge in [0.1, 0.15) is 24.0 Å². The Labute approximate surface area is 204 Å². The van der Waals surface area contributed by atoms with Crippen molar-refractivity contribution in [3.05, 3.63) is 83.7 Å². The summed E-state index contributed by atoms with van der Waals surface area (Å²) in [6, 6.07) is 18.5. The Morgan fingerprint density at radius 3 is 2.31 bits per heavy atom. The normalized spacial score (nSPS) is 12.0. The van der Waals surface area contributed by atoms with Gasteiger partial charge in [-0.05, 0) is 54.8 Å². The zero-order chi connectivity index (χ0) is 25.4. The second-order valence-electron chi connectivity index (χ2n) is 9.16. The number of carbonyl (C=O) groups is 3. The highest BCUT2D eigenvalue weighted by Gasteiger charge is 2.22. The zero-order valence-corrected chi connectivity index (χ0v) is 20.1. The topological polar surface area (TPSA) is 96.5 Å². The van der Waals surface area contributed by atoms with Crippen molar-refractivity contribution in [2.75, 3.05) is 6.54 Å². The molecule has 0 saturated heterocycles. The average molecular weight is 480 g/mol. The van der Waals surface area contributed by atoms with Crippen LogP contribution in [0.15, 0.2) is 66.7 Å². The maximum Gasteiger partial charge on any atom is 0.408 e. The highest BCUT2D eigenvalue weighted by atomic mass is 19.1. The van der Waals surface area contributed by atoms with Crippen LogP contribution in [0, 0.1) is 5.82 Å². The van der Waals surface area contributed by atoms with E-state index in [1.54, 1.807) is 32.9 Å². The molecule has 1 unspecified atom stereocenters. The molecule has 0 bridgehead atoms. The third-order valence-electron chi connectivity index (χ3n) is 5.13. The maximum absolute atomic E-state index is 13.3. The van der Waals surface area contributed by atoms with Crippen molar-refractivity contribution in [2.24, 2.45) is 0 Å². The summed E-state index contributed by atoms with van der Waals surface area (Å²) in [7, 11) is 0. The molecular weight excluding hydrogens is 449 g/mol. The van der Waals surface area contributed by atoms with E-state index in [9.17, 15) is 18.8 Å². The van der Waals surface area contributed by atoms with Gasteiger partial charge in [-0.15, -0.1) is 0 Å². The van der Waals surface area contributed by atoms with Gasteiger partial charge in [-0.25, -0.2) is 9.18 Å². The van der Waals surface area contributed by atoms with Crippen LogP contribution in [0.1, 0.15) is 31.9 Å². The molecule has 0 aromatic heterocycles. The predicted octanol–water partition coefficient (Wildman–Crippen LogP) is 3.85. The monoisotopic (exact) mass is 479 g/mol. The summed E-state index contributed by atoms with van der Waals surface area (Å²) < 4.78 is 18.4. The number of amides is 3. The Morgan fingerprint density at radius 2 is 1.60 bits per heavy atom. The second-order valence-corrected chi connectivity index (χ2v) is 9.16. The largest absolute Gasteiger partial charge is 0.444 e. The number of ether oxygens (including phenoxy) is 1. The molecule has 0 saturated carbocycles. The SMILES string of the molecule is CC(C)(C)OC(=O)NCC(=O)NC(Cc1ccc(F)cc1)C(=O)NCc1cccc2ccccc12. The smallest absolute Gasteiger partial charge is 0.408 e. The van der Waals surface area contributed by atoms with Gasteiger partial charge in [-0.1, -0.05) is 54.6 Å². The average Bonchev–Trinajstić information content (AvgIpc) is 2.81. The van der Waals surface area contributed by atoms with Crippen molar-refractivity contribution in [2.45, 2.75) is 45.4 Å². The van der Waals surface area contributed by atoms with Gasteiger partial charge in [0, 0.05) is 13.0 Å². The molecule has 3 amide bonds. The quantitative estimate of drug-likeness (QED) is 0.457. The van der Waals surface area contributed by atoms with Crippen molar-refractivity contribution in [3.63, 3.8) is 0 Å². The Bertz CT molecular complexity index is 1180. The Morgan fingerprint density at radius 1 is 0.914 bits per heavy atom. The third-order valence-corrected chi connectivity index (χ3v) is 5.13. The number of alkyl carbamates (subject to hydrolysis) is 1. The molecule has 0 spiro atoms. The van der Waals surface area contributed by atoms with Crippen LogP contribution in [-0.2, 0) is 27.3 Å². The molecule has 1 atom stereocenters. The van der Waals surface area contributed by atoms with Gasteiger partial charge in [-0.2, -0.15) is 0 Å². The second kappa shape index (κ2) is 11.5. The van der Waals surface area contributed by atoms with Crippen LogP contribution in [0.3, 0.4) is 0 Å². The van der Waals surface area contributed by atoms with E-state index in [4.69, 9.17) is 4.74 Å². The molecular formula is C27H30FN3O4. The fraction of sp³-hybridized carbons (Fsp3) is 0.296. The summed E-state index contributed by atoms with van der Waals surface area (Å²) in [6.45, 7) is 5.06. The van der Waals surface area contributed by atoms with Crippen LogP contribution >= 0.6 is 0 Å². The van der Waals surface area contributed by atoms with Gasteiger partial charge >= 0.3 is 6.09 Å². The number of hydrogen-bond donors (Lipinski definition) is 3. The van der Waals surface area contributed by atoms with E-state index in [0.717, 1.165) is 16.3 Å². The maximum atomic E-state index is 13.3. The molecule has 3 aromatic carbocycles. The minimum atomic E-state index is -0.927. The first-order chi connectivity index (χ1) is 16.6. The lowest BCUT2D eigenvalue weighted by Gasteiger charge is -2.21. The van der Waals surface area contributed by atoms with Crippen LogP contribution < -0.4 is 16.0 Å². The Kier molecular flexibility index (Phi) is 8.41. The molecule has 8 heteroatoms. The van der Waals surface area contributed by atoms with Gasteiger partial charge in [-0.3, -0.25) is 9.59 Å². The van der Waals surface area contributed by atoms with Crippen molar-refractivity contribution < 1.29 is 23.5 Å². The van der Waals surface area contributed by atoms with Crippen LogP contribution in [0.4, 0.5) is 9.18 Å². The van der Waals surface area contributed by atoms with Crippen molar-refractivity contribution >= 4 is 28.7 Å². The molecule has 7 nitrogen and oxygen atoms in total. The Balaban J connectivity index is 1.67. The van der Waals surface area contributed by atoms with Crippen LogP contribution in [0.25, 0.3) is 10.8 Å². The van der Waals surface area contributed by atoms with Gasteiger partial charge in [0.25, 0.3) is 0 Å². The van der Waals surface area contributed by atoms with E-state index in [-0.39, 0.29) is 19.5 Å². The molecule has 184 valence electrons. The van der Waals surface area contributed by atoms with E-state index in [1.165, 1.54) is 12.1 Å². The lowest BCUT2D eigenvalue weighted by atomic mass is 10.0. The molecule has 0 aliphatic rings. The molecule has 0 radical (unpaired) electrons. The van der Waals surface area contributed by atoms with Crippen LogP contribution in [0.2, 0.25) is 0 Å². The molecule has 3 rings (SSSR count). The minimum absolute atomic E-state index is 0.153. The molecule has 0 aliphatic heterocycles. The summed E-state index contributed by atoms with van der Waals surface area (Å²) >= 11 is 0. The summed E-state index contributed by atoms with van der Waals surface area (Å²) in [5.74, 6) is -1.34. The number of hydrogen-bond acceptors (Lipinski definition) is 4. The van der Waals surface area contributed by atoms with Gasteiger partial charge in [0.15, 0.2) is 0 Å². The lowest BCUT2D eigenvalue weighted by molar-refractivity contribution is -0.128. The molecule has 3 aromatic rings. The van der Waals surface area contributed by atoms with Crippen molar-refractivity contribution in [1.29, 1.82) is 0 Å². The number of benzene rings is 3. The first-order valence-corrected chi connectivity index (χ1v) is 11.4. The standard InChI is InChI=1S/C27H30FN3O4/c1-27(2,3)35-26(34)30-17-24(32)31-23(15-18-11-13-21(28)14-12-18)25(33)29-16-20-9-6-8-19-7-4-5-10-22(19)20/h4-14,23H,15-17H2,1-3H3,(H,29,33)(H,30,34)(H,31,32). The van der Waals surface area contributed by atoms with Crippen molar-refractivity contribution in [1.82, 2.24) is 16.0 Å². The first-order valence-electron chi connectivity index (χ1n) is 11.4. The number of rotatable bonds is 8. The number of halogens is 1. The highest BCUT2D eigenvalue weighted by molar-refractivity contribution is 5.90. The molecule has 3 N–H and O–H groups in total. The zero-order valence-electron chi connectivity index (χ0n) is 20.1. The van der Waals surface area contributed by atoms with Crippen molar-refractivity contribution in [3.8, 4) is 0 Å². The fourth-order valence-corrected chi connectivity index (χ4v) is 3.53. The number of carbonyl (C=O) groups excluding carboxylic acids is 3. The fourth-order valence-electron chi connectivity index (χ4n) is 3.53. The van der Waals surface area contributed by atoms with Gasteiger partial charge in [0.05, 0.1) is 0 Å². The van der Waals surface area contributed by atoms with E-state index >= 15 is 0 Å². The van der Waals surface area contributed by atoms with E-state index in [0.29, 0.717) is 5.56 Å². The number of fused-ring (bicyclic) bond motifs is 1. The summed E-state index contributed by atoms with van der Waals surface area (Å²) in [5, 5.41) is 10.0. The summed E-state index contributed by atoms with van der Waals surface area (Å²) in [6.07, 6.45) is -0.581. The molecule has 0 heterocycles. The summed E-state index contributed by atoms with van der Waals surface area (Å²) in [5.41, 5.74) is 0.916. The predicted molar refractivity (Wildman–Crippen MR) is 132 cm³/mol. The minimum Gasteiger partial charge on any atom is -0.444 e. The molecule has 0 aliphatic carbocycles. The van der Waals surface area contributed by atoms with Gasteiger partial charge in [0.2, 0.25) is 11.8 Å². The van der Waals surface area contributed by atoms with Gasteiger partial charge < -0.3 is 20.7 Å². The third kappa shape index (κ3) is 8.10. The first kappa shape index (κ1) is 25.7. The van der Waals surface area contributed by atoms with Crippen LogP contribution in [-0.4, -0.2) is 36.1 Å². The molecule has 35 heavy (non-hydrogen) atoms. The molecule has 0 fully saturated rings. The van der Waals surface area contributed by atoms with E-state index in [1.807, 2.05) is 42.5 Å².